The first kappa shape index (κ1) is 10.1. The van der Waals surface area contributed by atoms with Gasteiger partial charge < -0.3 is 5.73 Å². The molecule has 0 unspecified atom stereocenters. The number of halogens is 1. The quantitative estimate of drug-likeness (QED) is 0.853. The largest absolute Gasteiger partial charge is 0.382 e. The Bertz CT molecular complexity index is 488. The molecule has 0 amide bonds. The van der Waals surface area contributed by atoms with E-state index in [9.17, 15) is 0 Å². The summed E-state index contributed by atoms with van der Waals surface area (Å²) < 4.78 is 2.72. The summed E-state index contributed by atoms with van der Waals surface area (Å²) >= 11 is 3.46. The van der Waals surface area contributed by atoms with Crippen LogP contribution in [0.3, 0.4) is 0 Å². The van der Waals surface area contributed by atoms with Crippen LogP contribution < -0.4 is 5.73 Å². The van der Waals surface area contributed by atoms with Crippen LogP contribution >= 0.6 is 15.9 Å². The van der Waals surface area contributed by atoms with Crippen molar-refractivity contribution in [1.82, 2.24) is 20.0 Å². The molecule has 0 saturated heterocycles. The highest BCUT2D eigenvalue weighted by molar-refractivity contribution is 9.10. The molecule has 2 rings (SSSR count). The molecule has 0 aliphatic carbocycles. The summed E-state index contributed by atoms with van der Waals surface area (Å²) in [4.78, 5) is 0. The fourth-order valence-corrected chi connectivity index (χ4v) is 1.54. The molecular formula is C9H10BrN5. The molecule has 0 spiro atoms. The Balaban J connectivity index is 2.54. The van der Waals surface area contributed by atoms with Gasteiger partial charge >= 0.3 is 0 Å². The van der Waals surface area contributed by atoms with Crippen molar-refractivity contribution in [2.75, 3.05) is 5.73 Å². The predicted octanol–water partition coefficient (Wildman–Crippen LogP) is 1.62. The second kappa shape index (κ2) is 3.62. The summed E-state index contributed by atoms with van der Waals surface area (Å²) in [5.74, 6) is 1.06. The number of hydrogen-bond acceptors (Lipinski definition) is 4. The highest BCUT2D eigenvalue weighted by Gasteiger charge is 2.10. The van der Waals surface area contributed by atoms with E-state index in [4.69, 9.17) is 5.73 Å². The Kier molecular flexibility index (Phi) is 2.44. The minimum Gasteiger partial charge on any atom is -0.382 e. The zero-order valence-corrected chi connectivity index (χ0v) is 9.98. The molecule has 0 bridgehead atoms. The monoisotopic (exact) mass is 267 g/mol. The van der Waals surface area contributed by atoms with E-state index in [0.717, 1.165) is 15.9 Å². The van der Waals surface area contributed by atoms with Crippen molar-refractivity contribution in [2.45, 2.75) is 13.8 Å². The average Bonchev–Trinajstić information content (AvgIpc) is 2.47. The zero-order chi connectivity index (χ0) is 11.0. The van der Waals surface area contributed by atoms with Crippen molar-refractivity contribution in [3.05, 3.63) is 28.0 Å². The molecule has 0 aliphatic heterocycles. The van der Waals surface area contributed by atoms with Crippen molar-refractivity contribution >= 4 is 21.7 Å². The van der Waals surface area contributed by atoms with Gasteiger partial charge in [0.2, 0.25) is 0 Å². The van der Waals surface area contributed by atoms with E-state index in [1.165, 1.54) is 0 Å². The van der Waals surface area contributed by atoms with Gasteiger partial charge in [0.15, 0.2) is 5.82 Å². The predicted molar refractivity (Wildman–Crippen MR) is 60.7 cm³/mol. The Labute approximate surface area is 95.4 Å². The Morgan fingerprint density at radius 2 is 2.00 bits per heavy atom. The van der Waals surface area contributed by atoms with E-state index >= 15 is 0 Å². The lowest BCUT2D eigenvalue weighted by Crippen LogP contribution is -2.04. The number of anilines is 1. The van der Waals surface area contributed by atoms with E-state index in [1.807, 2.05) is 13.8 Å². The maximum Gasteiger partial charge on any atom is 0.176 e. The maximum absolute atomic E-state index is 5.47. The number of nitrogen functional groups attached to an aromatic ring is 1. The third-order valence-corrected chi connectivity index (χ3v) is 3.24. The zero-order valence-electron chi connectivity index (χ0n) is 8.40. The Morgan fingerprint density at radius 3 is 2.47 bits per heavy atom. The number of rotatable bonds is 1. The van der Waals surface area contributed by atoms with Gasteiger partial charge in [0.05, 0.1) is 15.9 Å². The lowest BCUT2D eigenvalue weighted by molar-refractivity contribution is 0.783. The van der Waals surface area contributed by atoms with E-state index in [-0.39, 0.29) is 0 Å². The smallest absolute Gasteiger partial charge is 0.176 e. The molecule has 2 aromatic heterocycles. The fourth-order valence-electron chi connectivity index (χ4n) is 1.30. The summed E-state index contributed by atoms with van der Waals surface area (Å²) in [6.45, 7) is 3.89. The first-order valence-corrected chi connectivity index (χ1v) is 5.20. The first-order valence-electron chi connectivity index (χ1n) is 4.41. The number of aryl methyl sites for hydroxylation is 1. The van der Waals surface area contributed by atoms with Crippen molar-refractivity contribution in [1.29, 1.82) is 0 Å². The highest BCUT2D eigenvalue weighted by Crippen LogP contribution is 2.21. The molecule has 0 aliphatic rings. The molecule has 5 nitrogen and oxygen atoms in total. The van der Waals surface area contributed by atoms with Gasteiger partial charge in [-0.05, 0) is 41.9 Å². The van der Waals surface area contributed by atoms with E-state index in [1.54, 1.807) is 16.8 Å². The normalized spacial score (nSPS) is 10.6. The van der Waals surface area contributed by atoms with Gasteiger partial charge in [-0.2, -0.15) is 5.10 Å². The first-order chi connectivity index (χ1) is 7.09. The molecule has 6 heteroatoms. The summed E-state index contributed by atoms with van der Waals surface area (Å²) in [6, 6.07) is 3.49. The maximum atomic E-state index is 5.47. The van der Waals surface area contributed by atoms with Crippen LogP contribution in [0.2, 0.25) is 0 Å². The van der Waals surface area contributed by atoms with Crippen LogP contribution in [0.4, 0.5) is 5.82 Å². The van der Waals surface area contributed by atoms with Crippen molar-refractivity contribution in [3.63, 3.8) is 0 Å². The second-order valence-corrected chi connectivity index (χ2v) is 4.01. The molecule has 15 heavy (non-hydrogen) atoms. The fraction of sp³-hybridized carbons (Fsp3) is 0.222. The van der Waals surface area contributed by atoms with Gasteiger partial charge in [0, 0.05) is 0 Å². The van der Waals surface area contributed by atoms with Gasteiger partial charge in [-0.1, -0.05) is 0 Å². The topological polar surface area (TPSA) is 69.6 Å². The van der Waals surface area contributed by atoms with Crippen LogP contribution in [0, 0.1) is 13.8 Å². The average molecular weight is 268 g/mol. The third-order valence-electron chi connectivity index (χ3n) is 2.09. The van der Waals surface area contributed by atoms with Gasteiger partial charge in [-0.3, -0.25) is 0 Å². The Hall–Kier alpha value is -1.43. The van der Waals surface area contributed by atoms with Crippen LogP contribution in [-0.2, 0) is 0 Å². The molecule has 0 atom stereocenters. The third kappa shape index (κ3) is 1.72. The van der Waals surface area contributed by atoms with Crippen molar-refractivity contribution in [2.24, 2.45) is 0 Å². The molecule has 2 N–H and O–H groups in total. The highest BCUT2D eigenvalue weighted by atomic mass is 79.9. The SMILES string of the molecule is Cc1nn(-c2ccc(N)nn2)c(C)c1Br. The lowest BCUT2D eigenvalue weighted by Gasteiger charge is -2.01. The summed E-state index contributed by atoms with van der Waals surface area (Å²) in [5, 5.41) is 12.1. The van der Waals surface area contributed by atoms with Gasteiger partial charge in [-0.15, -0.1) is 10.2 Å². The van der Waals surface area contributed by atoms with Gasteiger partial charge in [0.1, 0.15) is 5.82 Å². The van der Waals surface area contributed by atoms with Crippen molar-refractivity contribution in [3.8, 4) is 5.82 Å². The number of nitrogens with zero attached hydrogens (tertiary/aromatic N) is 4. The lowest BCUT2D eigenvalue weighted by atomic mass is 10.4. The molecule has 0 saturated carbocycles. The van der Waals surface area contributed by atoms with Crippen LogP contribution in [0.5, 0.6) is 0 Å². The van der Waals surface area contributed by atoms with E-state index < -0.39 is 0 Å². The Morgan fingerprint density at radius 1 is 1.27 bits per heavy atom. The molecule has 2 aromatic rings. The molecule has 2 heterocycles. The molecule has 0 radical (unpaired) electrons. The second-order valence-electron chi connectivity index (χ2n) is 3.21. The van der Waals surface area contributed by atoms with Crippen LogP contribution in [0.15, 0.2) is 16.6 Å². The van der Waals surface area contributed by atoms with Crippen LogP contribution in [-0.4, -0.2) is 20.0 Å². The minimum atomic E-state index is 0.402. The summed E-state index contributed by atoms with van der Waals surface area (Å²) in [7, 11) is 0. The van der Waals surface area contributed by atoms with E-state index in [2.05, 4.69) is 31.2 Å². The van der Waals surface area contributed by atoms with Gasteiger partial charge in [-0.25, -0.2) is 4.68 Å². The van der Waals surface area contributed by atoms with Crippen molar-refractivity contribution < 1.29 is 0 Å². The summed E-state index contributed by atoms with van der Waals surface area (Å²) in [6.07, 6.45) is 0. The number of hydrogen-bond donors (Lipinski definition) is 1. The van der Waals surface area contributed by atoms with Gasteiger partial charge in [0.25, 0.3) is 0 Å². The molecule has 78 valence electrons. The molecular weight excluding hydrogens is 258 g/mol. The molecule has 0 fully saturated rings. The summed E-state index contributed by atoms with van der Waals surface area (Å²) in [5.41, 5.74) is 7.38. The van der Waals surface area contributed by atoms with Crippen LogP contribution in [0.1, 0.15) is 11.4 Å². The standard InChI is InChI=1S/C9H10BrN5/c1-5-9(10)6(2)15(14-5)8-4-3-7(11)12-13-8/h3-4H,1-2H3,(H2,11,12). The minimum absolute atomic E-state index is 0.402. The van der Waals surface area contributed by atoms with E-state index in [0.29, 0.717) is 11.6 Å². The number of aromatic nitrogens is 4. The van der Waals surface area contributed by atoms with Crippen LogP contribution in [0.25, 0.3) is 5.82 Å². The number of nitrogens with two attached hydrogens (primary N) is 1. The molecule has 0 aromatic carbocycles.